The van der Waals surface area contributed by atoms with Gasteiger partial charge in [0.15, 0.2) is 0 Å². The lowest BCUT2D eigenvalue weighted by molar-refractivity contribution is -0.210. The maximum absolute atomic E-state index is 12.8. The van der Waals surface area contributed by atoms with E-state index in [1.54, 1.807) is 9.80 Å². The van der Waals surface area contributed by atoms with E-state index in [0.717, 1.165) is 18.4 Å². The zero-order valence-corrected chi connectivity index (χ0v) is 14.5. The first-order chi connectivity index (χ1) is 12.4. The Kier molecular flexibility index (Phi) is 4.27. The third-order valence-corrected chi connectivity index (χ3v) is 6.09. The van der Waals surface area contributed by atoms with Crippen molar-refractivity contribution in [2.45, 2.75) is 42.9 Å². The number of likely N-dealkylation sites (tertiary alicyclic amines) is 2. The van der Waals surface area contributed by atoms with Gasteiger partial charge in [-0.25, -0.2) is 0 Å². The number of aliphatic hydroxyl groups is 1. The molecule has 2 heterocycles. The second-order valence-corrected chi connectivity index (χ2v) is 7.77. The van der Waals surface area contributed by atoms with E-state index >= 15 is 0 Å². The summed E-state index contributed by atoms with van der Waals surface area (Å²) in [7, 11) is 0. The Bertz CT molecular complexity index is 669. The highest BCUT2D eigenvalue weighted by Gasteiger charge is 2.66. The molecule has 0 aromatic heterocycles. The normalized spacial score (nSPS) is 27.9. The van der Waals surface area contributed by atoms with Gasteiger partial charge in [0.05, 0.1) is 18.6 Å². The number of alkyl halides is 3. The number of hydrogen-bond acceptors (Lipinski definition) is 3. The van der Waals surface area contributed by atoms with Crippen LogP contribution in [0.1, 0.15) is 30.7 Å². The van der Waals surface area contributed by atoms with Crippen molar-refractivity contribution in [1.29, 1.82) is 0 Å². The first-order valence-corrected chi connectivity index (χ1v) is 9.14. The predicted octanol–water partition coefficient (Wildman–Crippen LogP) is 2.39. The summed E-state index contributed by atoms with van der Waals surface area (Å²) in [5.41, 5.74) is 0.540. The molecule has 4 rings (SSSR count). The molecule has 1 aromatic carbocycles. The van der Waals surface area contributed by atoms with Crippen molar-refractivity contribution in [3.8, 4) is 0 Å². The summed E-state index contributed by atoms with van der Waals surface area (Å²) >= 11 is 0. The van der Waals surface area contributed by atoms with Crippen LogP contribution in [0.15, 0.2) is 30.3 Å². The van der Waals surface area contributed by atoms with Gasteiger partial charge in [-0.2, -0.15) is 13.2 Å². The Morgan fingerprint density at radius 2 is 1.85 bits per heavy atom. The fourth-order valence-electron chi connectivity index (χ4n) is 4.73. The fourth-order valence-corrected chi connectivity index (χ4v) is 4.73. The van der Waals surface area contributed by atoms with E-state index in [4.69, 9.17) is 0 Å². The van der Waals surface area contributed by atoms with Crippen LogP contribution in [0.5, 0.6) is 0 Å². The number of benzene rings is 1. The van der Waals surface area contributed by atoms with Gasteiger partial charge < -0.3 is 10.0 Å². The van der Waals surface area contributed by atoms with Crippen LogP contribution < -0.4 is 0 Å². The molecule has 1 spiro atoms. The molecule has 142 valence electrons. The molecule has 2 aliphatic heterocycles. The molecule has 1 aromatic rings. The second kappa shape index (κ2) is 6.23. The number of nitrogens with zero attached hydrogens (tertiary/aromatic N) is 2. The minimum absolute atomic E-state index is 0.0508. The minimum Gasteiger partial charge on any atom is -0.395 e. The molecule has 3 aliphatic rings. The lowest BCUT2D eigenvalue weighted by Gasteiger charge is -2.71. The van der Waals surface area contributed by atoms with Gasteiger partial charge in [0, 0.05) is 37.5 Å². The first kappa shape index (κ1) is 17.8. The SMILES string of the molecule is O=C(C1CC1)N1CC2(C1)[C@H](c1ccccc1)[C@@H](CO)N2CCC(F)(F)F. The number of halogens is 3. The minimum atomic E-state index is -4.23. The molecule has 1 aliphatic carbocycles. The summed E-state index contributed by atoms with van der Waals surface area (Å²) in [6.45, 7) is 0.589. The van der Waals surface area contributed by atoms with Crippen molar-refractivity contribution in [1.82, 2.24) is 9.80 Å². The van der Waals surface area contributed by atoms with Crippen LogP contribution in [0.2, 0.25) is 0 Å². The maximum Gasteiger partial charge on any atom is 0.390 e. The Morgan fingerprint density at radius 1 is 1.19 bits per heavy atom. The Balaban J connectivity index is 1.56. The van der Waals surface area contributed by atoms with Crippen LogP contribution >= 0.6 is 0 Å². The van der Waals surface area contributed by atoms with E-state index in [0.29, 0.717) is 13.1 Å². The Hall–Kier alpha value is -1.60. The largest absolute Gasteiger partial charge is 0.395 e. The molecule has 7 heteroatoms. The standard InChI is InChI=1S/C19H23F3N2O2/c20-19(21,22)8-9-24-15(10-25)16(13-4-2-1-3-5-13)18(24)11-23(12-18)17(26)14-6-7-14/h1-5,14-16,25H,6-12H2/t15-,16-/m1/s1. The average Bonchev–Trinajstić information content (AvgIpc) is 3.37. The summed E-state index contributed by atoms with van der Waals surface area (Å²) in [6, 6.07) is 9.29. The molecule has 26 heavy (non-hydrogen) atoms. The van der Waals surface area contributed by atoms with Crippen molar-refractivity contribution in [2.24, 2.45) is 5.92 Å². The van der Waals surface area contributed by atoms with E-state index in [-0.39, 0.29) is 36.9 Å². The predicted molar refractivity (Wildman–Crippen MR) is 89.5 cm³/mol. The van der Waals surface area contributed by atoms with Gasteiger partial charge in [-0.1, -0.05) is 30.3 Å². The second-order valence-electron chi connectivity index (χ2n) is 7.77. The summed E-state index contributed by atoms with van der Waals surface area (Å²) in [5.74, 6) is 0.190. The lowest BCUT2D eigenvalue weighted by atomic mass is 9.60. The average molecular weight is 368 g/mol. The number of carbonyl (C=O) groups excluding carboxylic acids is 1. The van der Waals surface area contributed by atoms with E-state index in [1.807, 2.05) is 30.3 Å². The van der Waals surface area contributed by atoms with Crippen LogP contribution in [0.25, 0.3) is 0 Å². The van der Waals surface area contributed by atoms with Gasteiger partial charge in [-0.05, 0) is 18.4 Å². The van der Waals surface area contributed by atoms with E-state index in [2.05, 4.69) is 0 Å². The molecule has 3 fully saturated rings. The molecular weight excluding hydrogens is 345 g/mol. The summed E-state index contributed by atoms with van der Waals surface area (Å²) < 4.78 is 38.3. The number of carbonyl (C=O) groups is 1. The number of aliphatic hydroxyl groups excluding tert-OH is 1. The quantitative estimate of drug-likeness (QED) is 0.868. The molecule has 0 bridgehead atoms. The van der Waals surface area contributed by atoms with Crippen LogP contribution in [-0.4, -0.2) is 64.8 Å². The van der Waals surface area contributed by atoms with Gasteiger partial charge in [-0.15, -0.1) is 0 Å². The third kappa shape index (κ3) is 2.91. The Morgan fingerprint density at radius 3 is 2.38 bits per heavy atom. The zero-order valence-electron chi connectivity index (χ0n) is 14.5. The topological polar surface area (TPSA) is 43.8 Å². The van der Waals surface area contributed by atoms with Crippen LogP contribution in [0.3, 0.4) is 0 Å². The lowest BCUT2D eigenvalue weighted by Crippen LogP contribution is -2.85. The molecule has 0 unspecified atom stereocenters. The number of hydrogen-bond donors (Lipinski definition) is 1. The molecule has 4 nitrogen and oxygen atoms in total. The van der Waals surface area contributed by atoms with Crippen molar-refractivity contribution < 1.29 is 23.1 Å². The van der Waals surface area contributed by atoms with E-state index < -0.39 is 18.1 Å². The number of rotatable bonds is 5. The fraction of sp³-hybridized carbons (Fsp3) is 0.632. The summed E-state index contributed by atoms with van der Waals surface area (Å²) in [6.07, 6.45) is -3.29. The first-order valence-electron chi connectivity index (χ1n) is 9.14. The zero-order chi connectivity index (χ0) is 18.5. The van der Waals surface area contributed by atoms with Gasteiger partial charge in [0.1, 0.15) is 0 Å². The molecule has 0 radical (unpaired) electrons. The van der Waals surface area contributed by atoms with Crippen molar-refractivity contribution >= 4 is 5.91 Å². The van der Waals surface area contributed by atoms with E-state index in [9.17, 15) is 23.1 Å². The summed E-state index contributed by atoms with van der Waals surface area (Å²) in [4.78, 5) is 15.9. The van der Waals surface area contributed by atoms with Crippen LogP contribution in [0, 0.1) is 5.92 Å². The third-order valence-electron chi connectivity index (χ3n) is 6.09. The molecule has 2 saturated heterocycles. The maximum atomic E-state index is 12.8. The highest BCUT2D eigenvalue weighted by Crippen LogP contribution is 2.54. The highest BCUT2D eigenvalue weighted by atomic mass is 19.4. The van der Waals surface area contributed by atoms with Crippen molar-refractivity contribution in [3.05, 3.63) is 35.9 Å². The molecule has 2 atom stereocenters. The van der Waals surface area contributed by atoms with Crippen LogP contribution in [-0.2, 0) is 4.79 Å². The smallest absolute Gasteiger partial charge is 0.390 e. The van der Waals surface area contributed by atoms with Crippen LogP contribution in [0.4, 0.5) is 13.2 Å². The van der Waals surface area contributed by atoms with Gasteiger partial charge in [0.2, 0.25) is 5.91 Å². The van der Waals surface area contributed by atoms with Crippen molar-refractivity contribution in [2.75, 3.05) is 26.2 Å². The molecular formula is C19H23F3N2O2. The summed E-state index contributed by atoms with van der Waals surface area (Å²) in [5, 5.41) is 9.84. The van der Waals surface area contributed by atoms with Gasteiger partial charge in [-0.3, -0.25) is 9.69 Å². The van der Waals surface area contributed by atoms with E-state index in [1.165, 1.54) is 0 Å². The molecule has 1 saturated carbocycles. The van der Waals surface area contributed by atoms with Crippen molar-refractivity contribution in [3.63, 3.8) is 0 Å². The Labute approximate surface area is 150 Å². The van der Waals surface area contributed by atoms with Gasteiger partial charge in [0.25, 0.3) is 0 Å². The molecule has 1 N–H and O–H groups in total. The molecule has 1 amide bonds. The highest BCUT2D eigenvalue weighted by molar-refractivity contribution is 5.82. The monoisotopic (exact) mass is 368 g/mol. The number of amides is 1. The van der Waals surface area contributed by atoms with Gasteiger partial charge >= 0.3 is 6.18 Å².